The molecule has 1 heterocycles. The smallest absolute Gasteiger partial charge is 0.339 e. The number of esters is 1. The van der Waals surface area contributed by atoms with E-state index in [2.05, 4.69) is 27.2 Å². The molecule has 0 saturated heterocycles. The van der Waals surface area contributed by atoms with Crippen LogP contribution >= 0.6 is 0 Å². The van der Waals surface area contributed by atoms with Gasteiger partial charge in [-0.05, 0) is 24.0 Å². The molecule has 1 aliphatic carbocycles. The Kier molecular flexibility index (Phi) is 4.41. The number of hydrogen-bond donors (Lipinski definition) is 1. The normalized spacial score (nSPS) is 15.6. The second kappa shape index (κ2) is 6.66. The van der Waals surface area contributed by atoms with Gasteiger partial charge in [0.1, 0.15) is 0 Å². The maximum atomic E-state index is 11.5. The predicted molar refractivity (Wildman–Crippen MR) is 88.2 cm³/mol. The first-order valence-electron chi connectivity index (χ1n) is 7.64. The van der Waals surface area contributed by atoms with Crippen molar-refractivity contribution in [2.45, 2.75) is 18.8 Å². The van der Waals surface area contributed by atoms with Gasteiger partial charge in [-0.25, -0.2) is 9.78 Å². The standard InChI is InChI=1S/C17H17N3O4/c1-24-17(21)13-8-15(20(22)23)16(19-10-13)18-9-12-7-6-11-4-2-3-5-14(11)12/h2-5,8,10,12H,6-7,9H2,1H3,(H,18,19). The molecule has 1 aliphatic rings. The molecule has 0 bridgehead atoms. The van der Waals surface area contributed by atoms with E-state index in [-0.39, 0.29) is 17.1 Å². The molecule has 1 aromatic heterocycles. The molecule has 24 heavy (non-hydrogen) atoms. The fraction of sp³-hybridized carbons (Fsp3) is 0.294. The number of anilines is 1. The zero-order valence-corrected chi connectivity index (χ0v) is 13.2. The van der Waals surface area contributed by atoms with Gasteiger partial charge in [0.05, 0.1) is 17.6 Å². The van der Waals surface area contributed by atoms with Gasteiger partial charge in [0.25, 0.3) is 0 Å². The maximum absolute atomic E-state index is 11.5. The molecule has 124 valence electrons. The molecule has 3 rings (SSSR count). The van der Waals surface area contributed by atoms with Crippen LogP contribution in [-0.4, -0.2) is 29.5 Å². The van der Waals surface area contributed by atoms with Gasteiger partial charge in [-0.1, -0.05) is 24.3 Å². The first kappa shape index (κ1) is 15.9. The van der Waals surface area contributed by atoms with E-state index in [1.165, 1.54) is 30.5 Å². The number of nitrogens with zero attached hydrogens (tertiary/aromatic N) is 2. The van der Waals surface area contributed by atoms with E-state index in [0.717, 1.165) is 12.8 Å². The van der Waals surface area contributed by atoms with Gasteiger partial charge in [-0.3, -0.25) is 10.1 Å². The predicted octanol–water partition coefficient (Wildman–Crippen LogP) is 2.92. The molecule has 1 aromatic carbocycles. The summed E-state index contributed by atoms with van der Waals surface area (Å²) in [5.74, 6) is -0.193. The summed E-state index contributed by atoms with van der Waals surface area (Å²) >= 11 is 0. The number of carbonyl (C=O) groups excluding carboxylic acids is 1. The van der Waals surface area contributed by atoms with Crippen LogP contribution in [0.5, 0.6) is 0 Å². The fourth-order valence-electron chi connectivity index (χ4n) is 3.04. The van der Waals surface area contributed by atoms with E-state index in [1.807, 2.05) is 12.1 Å². The molecule has 2 aromatic rings. The van der Waals surface area contributed by atoms with Gasteiger partial charge in [0.15, 0.2) is 0 Å². The first-order valence-corrected chi connectivity index (χ1v) is 7.64. The zero-order chi connectivity index (χ0) is 17.1. The Hall–Kier alpha value is -2.96. The van der Waals surface area contributed by atoms with Crippen molar-refractivity contribution in [3.05, 3.63) is 63.3 Å². The molecule has 0 aliphatic heterocycles. The quantitative estimate of drug-likeness (QED) is 0.515. The minimum absolute atomic E-state index is 0.0564. The van der Waals surface area contributed by atoms with Gasteiger partial charge < -0.3 is 10.1 Å². The van der Waals surface area contributed by atoms with E-state index in [4.69, 9.17) is 0 Å². The summed E-state index contributed by atoms with van der Waals surface area (Å²) in [6.07, 6.45) is 3.30. The molecule has 0 radical (unpaired) electrons. The van der Waals surface area contributed by atoms with E-state index in [0.29, 0.717) is 12.5 Å². The van der Waals surface area contributed by atoms with E-state index in [1.54, 1.807) is 0 Å². The van der Waals surface area contributed by atoms with Gasteiger partial charge in [0, 0.05) is 24.7 Å². The van der Waals surface area contributed by atoms with Crippen molar-refractivity contribution in [1.82, 2.24) is 4.98 Å². The number of ether oxygens (including phenoxy) is 1. The van der Waals surface area contributed by atoms with Crippen molar-refractivity contribution in [3.63, 3.8) is 0 Å². The number of nitro groups is 1. The first-order chi connectivity index (χ1) is 11.6. The molecule has 0 spiro atoms. The topological polar surface area (TPSA) is 94.4 Å². The van der Waals surface area contributed by atoms with Crippen LogP contribution in [0.1, 0.15) is 33.8 Å². The highest BCUT2D eigenvalue weighted by atomic mass is 16.6. The molecule has 7 heteroatoms. The number of fused-ring (bicyclic) bond motifs is 1. The highest BCUT2D eigenvalue weighted by Crippen LogP contribution is 2.33. The molecule has 1 atom stereocenters. The lowest BCUT2D eigenvalue weighted by Gasteiger charge is -2.13. The number of carbonyl (C=O) groups is 1. The van der Waals surface area contributed by atoms with E-state index < -0.39 is 10.9 Å². The molecule has 0 amide bonds. The average Bonchev–Trinajstić information content (AvgIpc) is 3.02. The Morgan fingerprint density at radius 1 is 1.46 bits per heavy atom. The van der Waals surface area contributed by atoms with Gasteiger partial charge in [-0.15, -0.1) is 0 Å². The van der Waals surface area contributed by atoms with Gasteiger partial charge in [0.2, 0.25) is 5.82 Å². The lowest BCUT2D eigenvalue weighted by Crippen LogP contribution is -2.13. The summed E-state index contributed by atoms with van der Waals surface area (Å²) in [5.41, 5.74) is 2.43. The fourth-order valence-corrected chi connectivity index (χ4v) is 3.04. The largest absolute Gasteiger partial charge is 0.465 e. The van der Waals surface area contributed by atoms with Crippen LogP contribution < -0.4 is 5.32 Å². The van der Waals surface area contributed by atoms with Crippen molar-refractivity contribution in [3.8, 4) is 0 Å². The van der Waals surface area contributed by atoms with Gasteiger partial charge >= 0.3 is 11.7 Å². The summed E-state index contributed by atoms with van der Waals surface area (Å²) in [5, 5.41) is 14.3. The van der Waals surface area contributed by atoms with E-state index >= 15 is 0 Å². The van der Waals surface area contributed by atoms with Gasteiger partial charge in [-0.2, -0.15) is 0 Å². The summed E-state index contributed by atoms with van der Waals surface area (Å²) in [6, 6.07) is 9.41. The highest BCUT2D eigenvalue weighted by Gasteiger charge is 2.24. The summed E-state index contributed by atoms with van der Waals surface area (Å²) in [7, 11) is 1.22. The number of benzene rings is 1. The lowest BCUT2D eigenvalue weighted by molar-refractivity contribution is -0.384. The summed E-state index contributed by atoms with van der Waals surface area (Å²) in [6.45, 7) is 0.558. The Balaban J connectivity index is 1.78. The second-order valence-electron chi connectivity index (χ2n) is 5.66. The average molecular weight is 327 g/mol. The van der Waals surface area contributed by atoms with Crippen molar-refractivity contribution < 1.29 is 14.5 Å². The lowest BCUT2D eigenvalue weighted by atomic mass is 10.0. The maximum Gasteiger partial charge on any atom is 0.339 e. The van der Waals surface area contributed by atoms with Crippen molar-refractivity contribution in [1.29, 1.82) is 0 Å². The number of hydrogen-bond acceptors (Lipinski definition) is 6. The molecular formula is C17H17N3O4. The number of methoxy groups -OCH3 is 1. The van der Waals surface area contributed by atoms with Crippen LogP contribution in [0.2, 0.25) is 0 Å². The van der Waals surface area contributed by atoms with Crippen LogP contribution in [0.4, 0.5) is 11.5 Å². The third-order valence-electron chi connectivity index (χ3n) is 4.26. The Morgan fingerprint density at radius 2 is 2.25 bits per heavy atom. The third kappa shape index (κ3) is 3.05. The molecule has 0 fully saturated rings. The highest BCUT2D eigenvalue weighted by molar-refractivity contribution is 5.90. The van der Waals surface area contributed by atoms with Crippen LogP contribution in [0.3, 0.4) is 0 Å². The Labute approximate surface area is 138 Å². The minimum Gasteiger partial charge on any atom is -0.465 e. The molecule has 1 unspecified atom stereocenters. The monoisotopic (exact) mass is 327 g/mol. The van der Waals surface area contributed by atoms with Crippen LogP contribution in [0, 0.1) is 10.1 Å². The number of rotatable bonds is 5. The van der Waals surface area contributed by atoms with Crippen LogP contribution in [0.15, 0.2) is 36.5 Å². The van der Waals surface area contributed by atoms with Crippen molar-refractivity contribution in [2.24, 2.45) is 0 Å². The molecular weight excluding hydrogens is 310 g/mol. The molecule has 7 nitrogen and oxygen atoms in total. The van der Waals surface area contributed by atoms with Crippen LogP contribution in [0.25, 0.3) is 0 Å². The zero-order valence-electron chi connectivity index (χ0n) is 13.2. The van der Waals surface area contributed by atoms with Crippen molar-refractivity contribution >= 4 is 17.5 Å². The Morgan fingerprint density at radius 3 is 3.00 bits per heavy atom. The van der Waals surface area contributed by atoms with Crippen LogP contribution in [-0.2, 0) is 11.2 Å². The number of aromatic nitrogens is 1. The SMILES string of the molecule is COC(=O)c1cnc(NCC2CCc3ccccc32)c([N+](=O)[O-])c1. The molecule has 1 N–H and O–H groups in total. The van der Waals surface area contributed by atoms with Crippen molar-refractivity contribution in [2.75, 3.05) is 19.0 Å². The Bertz CT molecular complexity index is 791. The third-order valence-corrected chi connectivity index (χ3v) is 4.26. The van der Waals surface area contributed by atoms with E-state index in [9.17, 15) is 14.9 Å². The summed E-state index contributed by atoms with van der Waals surface area (Å²) < 4.78 is 4.57. The second-order valence-corrected chi connectivity index (χ2v) is 5.66. The number of aryl methyl sites for hydroxylation is 1. The summed E-state index contributed by atoms with van der Waals surface area (Å²) in [4.78, 5) is 26.2. The number of nitrogens with one attached hydrogen (secondary N) is 1. The molecule has 0 saturated carbocycles. The number of pyridine rings is 1. The minimum atomic E-state index is -0.651.